The van der Waals surface area contributed by atoms with Crippen LogP contribution in [0.3, 0.4) is 0 Å². The zero-order valence-corrected chi connectivity index (χ0v) is 11.3. The summed E-state index contributed by atoms with van der Waals surface area (Å²) < 4.78 is 42.6. The zero-order valence-electron chi connectivity index (χ0n) is 11.3. The number of anilines is 1. The molecule has 0 aliphatic rings. The van der Waals surface area contributed by atoms with Crippen LogP contribution in [0.1, 0.15) is 18.7 Å². The monoisotopic (exact) mass is 304 g/mol. The Kier molecular flexibility index (Phi) is 4.58. The van der Waals surface area contributed by atoms with E-state index in [0.717, 1.165) is 0 Å². The fourth-order valence-electron chi connectivity index (χ4n) is 1.78. The molecule has 0 aliphatic heterocycles. The van der Waals surface area contributed by atoms with Crippen LogP contribution in [0, 0.1) is 0 Å². The summed E-state index contributed by atoms with van der Waals surface area (Å²) in [5.41, 5.74) is 3.00. The van der Waals surface area contributed by atoms with E-state index in [9.17, 15) is 13.2 Å². The minimum atomic E-state index is -4.16. The van der Waals surface area contributed by atoms with Gasteiger partial charge in [-0.1, -0.05) is 0 Å². The molecule has 0 spiro atoms. The quantitative estimate of drug-likeness (QED) is 0.477. The highest BCUT2D eigenvalue weighted by molar-refractivity contribution is 5.86. The normalized spacial score (nSPS) is 12.0. The second-order valence-electron chi connectivity index (χ2n) is 4.41. The topological polar surface area (TPSA) is 90.9 Å². The van der Waals surface area contributed by atoms with Gasteiger partial charge in [-0.25, -0.2) is 15.8 Å². The number of nitrogens with zero attached hydrogens (tertiary/aromatic N) is 4. The third kappa shape index (κ3) is 4.02. The number of nitrogens with one attached hydrogen (secondary N) is 1. The summed E-state index contributed by atoms with van der Waals surface area (Å²) in [6.07, 6.45) is -3.56. The van der Waals surface area contributed by atoms with Gasteiger partial charge in [-0.3, -0.25) is 4.68 Å². The maximum Gasteiger partial charge on any atom is 0.389 e. The van der Waals surface area contributed by atoms with Gasteiger partial charge in [0.1, 0.15) is 6.61 Å². The first-order chi connectivity index (χ1) is 9.90. The Morgan fingerprint density at radius 2 is 2.14 bits per heavy atom. The van der Waals surface area contributed by atoms with Gasteiger partial charge in [0.25, 0.3) is 0 Å². The number of hydrogen-bond acceptors (Lipinski definition) is 6. The van der Waals surface area contributed by atoms with Crippen LogP contribution < -0.4 is 11.3 Å². The molecule has 0 radical (unpaired) electrons. The van der Waals surface area contributed by atoms with Crippen LogP contribution in [0.15, 0.2) is 6.20 Å². The fourth-order valence-corrected chi connectivity index (χ4v) is 1.78. The smallest absolute Gasteiger partial charge is 0.373 e. The average Bonchev–Trinajstić information content (AvgIpc) is 2.78. The molecule has 0 amide bonds. The second kappa shape index (κ2) is 6.22. The van der Waals surface area contributed by atoms with E-state index in [0.29, 0.717) is 22.7 Å². The first-order valence-electron chi connectivity index (χ1n) is 6.20. The molecule has 2 rings (SSSR count). The summed E-state index contributed by atoms with van der Waals surface area (Å²) >= 11 is 0. The van der Waals surface area contributed by atoms with Crippen molar-refractivity contribution < 1.29 is 17.9 Å². The molecule has 0 aromatic carbocycles. The highest BCUT2D eigenvalue weighted by Gasteiger charge is 2.25. The van der Waals surface area contributed by atoms with Crippen molar-refractivity contribution in [3.63, 3.8) is 0 Å². The van der Waals surface area contributed by atoms with Crippen molar-refractivity contribution in [1.82, 2.24) is 19.7 Å². The Morgan fingerprint density at radius 1 is 1.38 bits per heavy atom. The van der Waals surface area contributed by atoms with E-state index in [2.05, 4.69) is 20.5 Å². The summed E-state index contributed by atoms with van der Waals surface area (Å²) in [7, 11) is 1.71. The molecule has 0 unspecified atom stereocenters. The number of halogens is 3. The number of rotatable bonds is 6. The molecule has 0 aliphatic carbocycles. The Labute approximate surface area is 118 Å². The summed E-state index contributed by atoms with van der Waals surface area (Å²) in [5, 5.41) is 4.69. The van der Waals surface area contributed by atoms with Gasteiger partial charge in [0.15, 0.2) is 17.3 Å². The number of nitrogen functional groups attached to an aromatic ring is 1. The number of nitrogens with two attached hydrogens (primary N) is 1. The standard InChI is InChI=1S/C11H15F3N6O/c1-20-10-7(5-16-20)9(19-15)17-8(18-10)6-21-4-2-3-11(12,13)14/h5H,2-4,6,15H2,1H3,(H,17,18,19). The van der Waals surface area contributed by atoms with E-state index < -0.39 is 12.6 Å². The third-order valence-corrected chi connectivity index (χ3v) is 2.76. The van der Waals surface area contributed by atoms with E-state index >= 15 is 0 Å². The van der Waals surface area contributed by atoms with Gasteiger partial charge in [-0.15, -0.1) is 0 Å². The lowest BCUT2D eigenvalue weighted by molar-refractivity contribution is -0.138. The maximum atomic E-state index is 12.0. The number of alkyl halides is 3. The molecule has 2 aromatic rings. The van der Waals surface area contributed by atoms with E-state index in [4.69, 9.17) is 10.6 Å². The minimum absolute atomic E-state index is 0.00760. The predicted octanol–water partition coefficient (Wildman–Crippen LogP) is 1.51. The molecular weight excluding hydrogens is 289 g/mol. The number of hydrogen-bond donors (Lipinski definition) is 2. The van der Waals surface area contributed by atoms with Crippen LogP contribution in [-0.4, -0.2) is 32.5 Å². The SMILES string of the molecule is Cn1ncc2c(NN)nc(COCCCC(F)(F)F)nc21. The number of aromatic nitrogens is 4. The first-order valence-corrected chi connectivity index (χ1v) is 6.20. The maximum absolute atomic E-state index is 12.0. The van der Waals surface area contributed by atoms with Crippen LogP contribution >= 0.6 is 0 Å². The molecule has 21 heavy (non-hydrogen) atoms. The fraction of sp³-hybridized carbons (Fsp3) is 0.545. The molecule has 2 aromatic heterocycles. The van der Waals surface area contributed by atoms with Crippen LogP contribution in [0.2, 0.25) is 0 Å². The molecule has 0 atom stereocenters. The third-order valence-electron chi connectivity index (χ3n) is 2.76. The molecule has 10 heteroatoms. The molecule has 0 fully saturated rings. The largest absolute Gasteiger partial charge is 0.389 e. The lowest BCUT2D eigenvalue weighted by Gasteiger charge is -2.08. The van der Waals surface area contributed by atoms with Crippen molar-refractivity contribution in [1.29, 1.82) is 0 Å². The molecule has 7 nitrogen and oxygen atoms in total. The van der Waals surface area contributed by atoms with Crippen LogP contribution in [0.4, 0.5) is 19.0 Å². The minimum Gasteiger partial charge on any atom is -0.373 e. The molecule has 0 saturated carbocycles. The van der Waals surface area contributed by atoms with Gasteiger partial charge in [0, 0.05) is 20.1 Å². The second-order valence-corrected chi connectivity index (χ2v) is 4.41. The van der Waals surface area contributed by atoms with Crippen molar-refractivity contribution in [2.45, 2.75) is 25.6 Å². The van der Waals surface area contributed by atoms with Gasteiger partial charge in [0.05, 0.1) is 11.6 Å². The van der Waals surface area contributed by atoms with E-state index in [1.54, 1.807) is 17.9 Å². The van der Waals surface area contributed by atoms with Gasteiger partial charge >= 0.3 is 6.18 Å². The first kappa shape index (κ1) is 15.4. The molecule has 116 valence electrons. The van der Waals surface area contributed by atoms with Gasteiger partial charge in [-0.2, -0.15) is 18.3 Å². The number of aryl methyl sites for hydroxylation is 1. The number of hydrazine groups is 1. The molecule has 3 N–H and O–H groups in total. The summed E-state index contributed by atoms with van der Waals surface area (Å²) in [6.45, 7) is -0.00859. The van der Waals surface area contributed by atoms with Gasteiger partial charge < -0.3 is 10.2 Å². The summed E-state index contributed by atoms with van der Waals surface area (Å²) in [5.74, 6) is 6.09. The predicted molar refractivity (Wildman–Crippen MR) is 69.1 cm³/mol. The van der Waals surface area contributed by atoms with Crippen molar-refractivity contribution in [3.8, 4) is 0 Å². The molecular formula is C11H15F3N6O. The average molecular weight is 304 g/mol. The van der Waals surface area contributed by atoms with Crippen molar-refractivity contribution >= 4 is 16.9 Å². The van der Waals surface area contributed by atoms with Crippen LogP contribution in [-0.2, 0) is 18.4 Å². The lowest BCUT2D eigenvalue weighted by Crippen LogP contribution is -2.12. The van der Waals surface area contributed by atoms with Crippen molar-refractivity contribution in [2.75, 3.05) is 12.0 Å². The van der Waals surface area contributed by atoms with Crippen LogP contribution in [0.5, 0.6) is 0 Å². The summed E-state index contributed by atoms with van der Waals surface area (Å²) in [4.78, 5) is 8.37. The van der Waals surface area contributed by atoms with Crippen molar-refractivity contribution in [3.05, 3.63) is 12.0 Å². The number of fused-ring (bicyclic) bond motifs is 1. The highest BCUT2D eigenvalue weighted by Crippen LogP contribution is 2.21. The zero-order chi connectivity index (χ0) is 15.5. The van der Waals surface area contributed by atoms with Gasteiger partial charge in [-0.05, 0) is 6.42 Å². The lowest BCUT2D eigenvalue weighted by atomic mass is 10.3. The number of ether oxygens (including phenoxy) is 1. The van der Waals surface area contributed by atoms with Gasteiger partial charge in [0.2, 0.25) is 0 Å². The van der Waals surface area contributed by atoms with E-state index in [1.807, 2.05) is 0 Å². The van der Waals surface area contributed by atoms with E-state index in [-0.39, 0.29) is 19.6 Å². The Morgan fingerprint density at radius 3 is 2.81 bits per heavy atom. The molecule has 2 heterocycles. The van der Waals surface area contributed by atoms with Crippen LogP contribution in [0.25, 0.3) is 11.0 Å². The Hall–Kier alpha value is -1.94. The molecule has 0 saturated heterocycles. The molecule has 0 bridgehead atoms. The van der Waals surface area contributed by atoms with Crippen molar-refractivity contribution in [2.24, 2.45) is 12.9 Å². The highest BCUT2D eigenvalue weighted by atomic mass is 19.4. The Bertz CT molecular complexity index is 612. The Balaban J connectivity index is 1.97. The van der Waals surface area contributed by atoms with E-state index in [1.165, 1.54) is 0 Å². The summed E-state index contributed by atoms with van der Waals surface area (Å²) in [6, 6.07) is 0.